The molecule has 1 amide bonds. The largest absolute Gasteiger partial charge is 0.443 e. The van der Waals surface area contributed by atoms with Gasteiger partial charge in [-0.25, -0.2) is 4.79 Å². The Kier molecular flexibility index (Phi) is 5.81. The van der Waals surface area contributed by atoms with E-state index in [2.05, 4.69) is 5.32 Å². The molecule has 0 aliphatic rings. The summed E-state index contributed by atoms with van der Waals surface area (Å²) in [7, 11) is 0. The van der Waals surface area contributed by atoms with E-state index >= 15 is 0 Å². The first-order chi connectivity index (χ1) is 10.6. The van der Waals surface area contributed by atoms with Gasteiger partial charge < -0.3 is 15.2 Å². The van der Waals surface area contributed by atoms with E-state index in [0.29, 0.717) is 17.1 Å². The average Bonchev–Trinajstić information content (AvgIpc) is 2.53. The van der Waals surface area contributed by atoms with Crippen molar-refractivity contribution in [3.05, 3.63) is 70.7 Å². The SMILES string of the molecule is CC(OC(=O)NCc1ccccc1)C(O)c1ccccc1Cl. The van der Waals surface area contributed by atoms with Gasteiger partial charge in [0.25, 0.3) is 0 Å². The number of aliphatic hydroxyl groups is 1. The smallest absolute Gasteiger partial charge is 0.407 e. The van der Waals surface area contributed by atoms with Crippen LogP contribution in [-0.4, -0.2) is 17.3 Å². The predicted molar refractivity (Wildman–Crippen MR) is 85.6 cm³/mol. The van der Waals surface area contributed by atoms with Crippen molar-refractivity contribution >= 4 is 17.7 Å². The first-order valence-corrected chi connectivity index (χ1v) is 7.36. The lowest BCUT2D eigenvalue weighted by molar-refractivity contribution is 0.0118. The molecular formula is C17H18ClNO3. The van der Waals surface area contributed by atoms with Crippen molar-refractivity contribution in [2.24, 2.45) is 0 Å². The van der Waals surface area contributed by atoms with Crippen LogP contribution in [0.4, 0.5) is 4.79 Å². The van der Waals surface area contributed by atoms with Gasteiger partial charge in [-0.2, -0.15) is 0 Å². The molecule has 0 spiro atoms. The first-order valence-electron chi connectivity index (χ1n) is 6.99. The Bertz CT molecular complexity index is 618. The molecule has 0 aliphatic carbocycles. The summed E-state index contributed by atoms with van der Waals surface area (Å²) >= 11 is 6.02. The Hall–Kier alpha value is -2.04. The number of carbonyl (C=O) groups is 1. The number of amides is 1. The number of rotatable bonds is 5. The number of alkyl carbamates (subject to hydrolysis) is 1. The molecular weight excluding hydrogens is 302 g/mol. The Labute approximate surface area is 134 Å². The van der Waals surface area contributed by atoms with Gasteiger partial charge in [0.1, 0.15) is 12.2 Å². The van der Waals surface area contributed by atoms with Gasteiger partial charge in [0.05, 0.1) is 0 Å². The van der Waals surface area contributed by atoms with Crippen molar-refractivity contribution < 1.29 is 14.6 Å². The van der Waals surface area contributed by atoms with Crippen LogP contribution in [0.5, 0.6) is 0 Å². The summed E-state index contributed by atoms with van der Waals surface area (Å²) in [6.07, 6.45) is -2.27. The van der Waals surface area contributed by atoms with Crippen LogP contribution in [0.3, 0.4) is 0 Å². The number of aliphatic hydroxyl groups excluding tert-OH is 1. The highest BCUT2D eigenvalue weighted by Crippen LogP contribution is 2.26. The summed E-state index contributed by atoms with van der Waals surface area (Å²) in [5.74, 6) is 0. The second-order valence-corrected chi connectivity index (χ2v) is 5.32. The molecule has 0 saturated heterocycles. The van der Waals surface area contributed by atoms with Gasteiger partial charge in [-0.05, 0) is 18.6 Å². The molecule has 0 saturated carbocycles. The molecule has 2 atom stereocenters. The van der Waals surface area contributed by atoms with Crippen molar-refractivity contribution in [1.29, 1.82) is 0 Å². The molecule has 0 fully saturated rings. The van der Waals surface area contributed by atoms with Gasteiger partial charge in [-0.15, -0.1) is 0 Å². The van der Waals surface area contributed by atoms with Gasteiger partial charge in [-0.1, -0.05) is 60.1 Å². The number of benzene rings is 2. The normalized spacial score (nSPS) is 13.2. The highest BCUT2D eigenvalue weighted by molar-refractivity contribution is 6.31. The summed E-state index contributed by atoms with van der Waals surface area (Å²) in [5, 5.41) is 13.3. The molecule has 4 nitrogen and oxygen atoms in total. The first kappa shape index (κ1) is 16.3. The van der Waals surface area contributed by atoms with Crippen LogP contribution in [0.1, 0.15) is 24.2 Å². The maximum absolute atomic E-state index is 11.8. The number of hydrogen-bond acceptors (Lipinski definition) is 3. The number of ether oxygens (including phenoxy) is 1. The average molecular weight is 320 g/mol. The number of halogens is 1. The molecule has 0 radical (unpaired) electrons. The summed E-state index contributed by atoms with van der Waals surface area (Å²) in [6, 6.07) is 16.4. The lowest BCUT2D eigenvalue weighted by Crippen LogP contribution is -2.30. The fourth-order valence-corrected chi connectivity index (χ4v) is 2.26. The molecule has 0 bridgehead atoms. The van der Waals surface area contributed by atoms with Crippen molar-refractivity contribution in [3.63, 3.8) is 0 Å². The third kappa shape index (κ3) is 4.48. The Balaban J connectivity index is 1.87. The second kappa shape index (κ2) is 7.82. The van der Waals surface area contributed by atoms with Crippen LogP contribution in [-0.2, 0) is 11.3 Å². The van der Waals surface area contributed by atoms with Crippen molar-refractivity contribution in [2.75, 3.05) is 0 Å². The van der Waals surface area contributed by atoms with Crippen LogP contribution in [0, 0.1) is 0 Å². The Morgan fingerprint density at radius 2 is 1.82 bits per heavy atom. The maximum Gasteiger partial charge on any atom is 0.407 e. The van der Waals surface area contributed by atoms with E-state index in [-0.39, 0.29) is 0 Å². The van der Waals surface area contributed by atoms with E-state index in [1.165, 1.54) is 0 Å². The quantitative estimate of drug-likeness (QED) is 0.883. The minimum Gasteiger partial charge on any atom is -0.443 e. The summed E-state index contributed by atoms with van der Waals surface area (Å²) in [6.45, 7) is 1.99. The molecule has 0 aromatic heterocycles. The van der Waals surface area contributed by atoms with E-state index in [1.54, 1.807) is 31.2 Å². The lowest BCUT2D eigenvalue weighted by atomic mass is 10.1. The predicted octanol–water partition coefficient (Wildman–Crippen LogP) is 3.69. The zero-order valence-corrected chi connectivity index (χ0v) is 13.0. The number of hydrogen-bond donors (Lipinski definition) is 2. The zero-order chi connectivity index (χ0) is 15.9. The van der Waals surface area contributed by atoms with E-state index in [4.69, 9.17) is 16.3 Å². The molecule has 0 aliphatic heterocycles. The molecule has 2 N–H and O–H groups in total. The van der Waals surface area contributed by atoms with Crippen LogP contribution in [0.15, 0.2) is 54.6 Å². The van der Waals surface area contributed by atoms with E-state index in [1.807, 2.05) is 30.3 Å². The van der Waals surface area contributed by atoms with Crippen molar-refractivity contribution in [2.45, 2.75) is 25.7 Å². The fourth-order valence-electron chi connectivity index (χ4n) is 2.01. The fraction of sp³-hybridized carbons (Fsp3) is 0.235. The standard InChI is InChI=1S/C17H18ClNO3/c1-12(16(20)14-9-5-6-10-15(14)18)22-17(21)19-11-13-7-3-2-4-8-13/h2-10,12,16,20H,11H2,1H3,(H,19,21). The van der Waals surface area contributed by atoms with Crippen LogP contribution in [0.2, 0.25) is 5.02 Å². The van der Waals surface area contributed by atoms with Crippen LogP contribution < -0.4 is 5.32 Å². The highest BCUT2D eigenvalue weighted by Gasteiger charge is 2.22. The molecule has 2 aromatic rings. The maximum atomic E-state index is 11.8. The van der Waals surface area contributed by atoms with Gasteiger partial charge in [0.15, 0.2) is 0 Å². The van der Waals surface area contributed by atoms with E-state index in [0.717, 1.165) is 5.56 Å². The second-order valence-electron chi connectivity index (χ2n) is 4.92. The molecule has 2 aromatic carbocycles. The number of nitrogens with one attached hydrogen (secondary N) is 1. The third-order valence-electron chi connectivity index (χ3n) is 3.24. The summed E-state index contributed by atoms with van der Waals surface area (Å²) < 4.78 is 5.18. The van der Waals surface area contributed by atoms with E-state index in [9.17, 15) is 9.90 Å². The minimum atomic E-state index is -0.976. The van der Waals surface area contributed by atoms with Gasteiger partial charge >= 0.3 is 6.09 Å². The molecule has 2 unspecified atom stereocenters. The minimum absolute atomic E-state index is 0.370. The molecule has 0 heterocycles. The monoisotopic (exact) mass is 319 g/mol. The van der Waals surface area contributed by atoms with E-state index < -0.39 is 18.3 Å². The van der Waals surface area contributed by atoms with Crippen LogP contribution >= 0.6 is 11.6 Å². The van der Waals surface area contributed by atoms with Crippen LogP contribution in [0.25, 0.3) is 0 Å². The van der Waals surface area contributed by atoms with Gasteiger partial charge in [-0.3, -0.25) is 0 Å². The topological polar surface area (TPSA) is 58.6 Å². The Morgan fingerprint density at radius 1 is 1.18 bits per heavy atom. The molecule has 2 rings (SSSR count). The molecule has 22 heavy (non-hydrogen) atoms. The summed E-state index contributed by atoms with van der Waals surface area (Å²) in [4.78, 5) is 11.8. The lowest BCUT2D eigenvalue weighted by Gasteiger charge is -2.20. The van der Waals surface area contributed by atoms with Gasteiger partial charge in [0, 0.05) is 17.1 Å². The zero-order valence-electron chi connectivity index (χ0n) is 12.2. The third-order valence-corrected chi connectivity index (χ3v) is 3.59. The number of carbonyl (C=O) groups excluding carboxylic acids is 1. The Morgan fingerprint density at radius 3 is 2.50 bits per heavy atom. The summed E-state index contributed by atoms with van der Waals surface area (Å²) in [5.41, 5.74) is 1.51. The molecule has 116 valence electrons. The van der Waals surface area contributed by atoms with Crippen molar-refractivity contribution in [1.82, 2.24) is 5.32 Å². The molecule has 5 heteroatoms. The van der Waals surface area contributed by atoms with Crippen molar-refractivity contribution in [3.8, 4) is 0 Å². The van der Waals surface area contributed by atoms with Gasteiger partial charge in [0.2, 0.25) is 0 Å². The highest BCUT2D eigenvalue weighted by atomic mass is 35.5.